The van der Waals surface area contributed by atoms with Gasteiger partial charge >= 0.3 is 0 Å². The Balaban J connectivity index is 0.00000312. The second kappa shape index (κ2) is 11.6. The lowest BCUT2D eigenvalue weighted by atomic mass is 9.98. The van der Waals surface area contributed by atoms with Gasteiger partial charge in [-0.1, -0.05) is 13.8 Å². The van der Waals surface area contributed by atoms with E-state index in [-0.39, 0.29) is 24.0 Å². The number of aliphatic hydroxyl groups is 1. The highest BCUT2D eigenvalue weighted by molar-refractivity contribution is 14.0. The fraction of sp³-hybridized carbons (Fsp3) is 0.944. The Kier molecular flexibility index (Phi) is 10.6. The molecular weight excluding hydrogens is 431 g/mol. The molecule has 6 nitrogen and oxygen atoms in total. The fourth-order valence-electron chi connectivity index (χ4n) is 3.44. The van der Waals surface area contributed by atoms with Crippen LogP contribution in [-0.2, 0) is 4.74 Å². The summed E-state index contributed by atoms with van der Waals surface area (Å²) in [6.45, 7) is 14.6. The molecular formula is C18H37IN4O2. The third-order valence-electron chi connectivity index (χ3n) is 5.38. The molecule has 1 atom stereocenters. The molecule has 0 radical (unpaired) electrons. The average Bonchev–Trinajstić information content (AvgIpc) is 3.07. The molecule has 2 rings (SSSR count). The number of nitrogens with zero attached hydrogens (tertiary/aromatic N) is 3. The molecule has 25 heavy (non-hydrogen) atoms. The van der Waals surface area contributed by atoms with E-state index in [0.717, 1.165) is 71.3 Å². The second-order valence-corrected chi connectivity index (χ2v) is 7.12. The normalized spacial score (nSPS) is 22.8. The standard InChI is InChI=1S/C18H36N4O2.HI/c1-4-18(23,5-2)15-20-17(19-6-3)22-8-7-16(14-22)13-21-9-11-24-12-10-21;/h16,23H,4-15H2,1-3H3,(H,19,20);1H. The molecule has 0 bridgehead atoms. The summed E-state index contributed by atoms with van der Waals surface area (Å²) in [7, 11) is 0. The molecule has 2 aliphatic heterocycles. The number of ether oxygens (including phenoxy) is 1. The Morgan fingerprint density at radius 2 is 1.88 bits per heavy atom. The van der Waals surface area contributed by atoms with Crippen LogP contribution in [0.25, 0.3) is 0 Å². The van der Waals surface area contributed by atoms with Crippen LogP contribution in [0.2, 0.25) is 0 Å². The van der Waals surface area contributed by atoms with E-state index < -0.39 is 5.60 Å². The van der Waals surface area contributed by atoms with Crippen LogP contribution in [0.1, 0.15) is 40.0 Å². The van der Waals surface area contributed by atoms with E-state index in [1.807, 2.05) is 13.8 Å². The van der Waals surface area contributed by atoms with Crippen LogP contribution >= 0.6 is 24.0 Å². The van der Waals surface area contributed by atoms with Gasteiger partial charge in [0.1, 0.15) is 0 Å². The van der Waals surface area contributed by atoms with Gasteiger partial charge in [-0.15, -0.1) is 24.0 Å². The minimum Gasteiger partial charge on any atom is -0.388 e. The van der Waals surface area contributed by atoms with Gasteiger partial charge in [0.2, 0.25) is 0 Å². The van der Waals surface area contributed by atoms with Crippen LogP contribution in [0.5, 0.6) is 0 Å². The van der Waals surface area contributed by atoms with E-state index in [9.17, 15) is 5.11 Å². The summed E-state index contributed by atoms with van der Waals surface area (Å²) in [5, 5.41) is 13.9. The molecule has 0 aromatic heterocycles. The monoisotopic (exact) mass is 468 g/mol. The third-order valence-corrected chi connectivity index (χ3v) is 5.38. The Hall–Kier alpha value is -0.120. The average molecular weight is 468 g/mol. The maximum absolute atomic E-state index is 10.5. The lowest BCUT2D eigenvalue weighted by Crippen LogP contribution is -2.43. The highest BCUT2D eigenvalue weighted by Crippen LogP contribution is 2.19. The molecule has 0 spiro atoms. The molecule has 2 heterocycles. The van der Waals surface area contributed by atoms with Crippen molar-refractivity contribution in [3.8, 4) is 0 Å². The van der Waals surface area contributed by atoms with Crippen molar-refractivity contribution in [1.82, 2.24) is 15.1 Å². The minimum atomic E-state index is -0.673. The van der Waals surface area contributed by atoms with Gasteiger partial charge in [-0.3, -0.25) is 9.89 Å². The smallest absolute Gasteiger partial charge is 0.194 e. The fourth-order valence-corrected chi connectivity index (χ4v) is 3.44. The van der Waals surface area contributed by atoms with Crippen molar-refractivity contribution in [2.45, 2.75) is 45.6 Å². The molecule has 148 valence electrons. The van der Waals surface area contributed by atoms with Gasteiger partial charge in [0.25, 0.3) is 0 Å². The van der Waals surface area contributed by atoms with Gasteiger partial charge in [-0.25, -0.2) is 0 Å². The van der Waals surface area contributed by atoms with Gasteiger partial charge in [0.15, 0.2) is 5.96 Å². The first-order valence-corrected chi connectivity index (χ1v) is 9.66. The first-order chi connectivity index (χ1) is 11.6. The molecule has 7 heteroatoms. The summed E-state index contributed by atoms with van der Waals surface area (Å²) in [6, 6.07) is 0. The first-order valence-electron chi connectivity index (χ1n) is 9.66. The number of aliphatic imine (C=N–C) groups is 1. The number of likely N-dealkylation sites (tertiary alicyclic amines) is 1. The molecule has 2 saturated heterocycles. The van der Waals surface area contributed by atoms with E-state index in [0.29, 0.717) is 12.5 Å². The van der Waals surface area contributed by atoms with E-state index in [4.69, 9.17) is 9.73 Å². The third kappa shape index (κ3) is 7.19. The van der Waals surface area contributed by atoms with Crippen molar-refractivity contribution in [2.75, 3.05) is 59.0 Å². The quantitative estimate of drug-likeness (QED) is 0.339. The van der Waals surface area contributed by atoms with Crippen LogP contribution in [-0.4, -0.2) is 85.5 Å². The van der Waals surface area contributed by atoms with Gasteiger partial charge in [-0.05, 0) is 32.1 Å². The van der Waals surface area contributed by atoms with Crippen LogP contribution in [0.4, 0.5) is 0 Å². The Labute approximate surface area is 170 Å². The zero-order valence-electron chi connectivity index (χ0n) is 16.2. The number of hydrogen-bond donors (Lipinski definition) is 2. The molecule has 0 aromatic carbocycles. The number of hydrogen-bond acceptors (Lipinski definition) is 4. The molecule has 2 aliphatic rings. The maximum atomic E-state index is 10.5. The largest absolute Gasteiger partial charge is 0.388 e. The highest BCUT2D eigenvalue weighted by atomic mass is 127. The topological polar surface area (TPSA) is 60.3 Å². The predicted molar refractivity (Wildman–Crippen MR) is 114 cm³/mol. The van der Waals surface area contributed by atoms with E-state index in [1.54, 1.807) is 0 Å². The van der Waals surface area contributed by atoms with Crippen molar-refractivity contribution < 1.29 is 9.84 Å². The summed E-state index contributed by atoms with van der Waals surface area (Å²) in [5.74, 6) is 1.66. The SMILES string of the molecule is CCNC(=NCC(O)(CC)CC)N1CCC(CN2CCOCC2)C1.I. The molecule has 2 fully saturated rings. The Morgan fingerprint density at radius 1 is 1.20 bits per heavy atom. The van der Waals surface area contributed by atoms with Crippen molar-refractivity contribution in [2.24, 2.45) is 10.9 Å². The molecule has 0 amide bonds. The maximum Gasteiger partial charge on any atom is 0.194 e. The molecule has 0 saturated carbocycles. The highest BCUT2D eigenvalue weighted by Gasteiger charge is 2.28. The Bertz CT molecular complexity index is 399. The zero-order valence-corrected chi connectivity index (χ0v) is 18.5. The second-order valence-electron chi connectivity index (χ2n) is 7.12. The summed E-state index contributed by atoms with van der Waals surface area (Å²) >= 11 is 0. The van der Waals surface area contributed by atoms with E-state index >= 15 is 0 Å². The molecule has 1 unspecified atom stereocenters. The van der Waals surface area contributed by atoms with Gasteiger partial charge in [0, 0.05) is 39.3 Å². The summed E-state index contributed by atoms with van der Waals surface area (Å²) in [6.07, 6.45) is 2.70. The number of nitrogens with one attached hydrogen (secondary N) is 1. The van der Waals surface area contributed by atoms with Crippen molar-refractivity contribution in [1.29, 1.82) is 0 Å². The van der Waals surface area contributed by atoms with Gasteiger partial charge < -0.3 is 20.1 Å². The van der Waals surface area contributed by atoms with Gasteiger partial charge in [-0.2, -0.15) is 0 Å². The lowest BCUT2D eigenvalue weighted by molar-refractivity contribution is 0.0315. The first kappa shape index (κ1) is 22.9. The Morgan fingerprint density at radius 3 is 2.48 bits per heavy atom. The number of morpholine rings is 1. The van der Waals surface area contributed by atoms with Gasteiger partial charge in [0.05, 0.1) is 25.4 Å². The number of rotatable bonds is 7. The predicted octanol–water partition coefficient (Wildman–Crippen LogP) is 1.78. The van der Waals surface area contributed by atoms with E-state index in [2.05, 4.69) is 22.0 Å². The summed E-state index contributed by atoms with van der Waals surface area (Å²) in [4.78, 5) is 9.62. The minimum absolute atomic E-state index is 0. The van der Waals surface area contributed by atoms with Crippen molar-refractivity contribution in [3.63, 3.8) is 0 Å². The van der Waals surface area contributed by atoms with Crippen LogP contribution < -0.4 is 5.32 Å². The van der Waals surface area contributed by atoms with Crippen molar-refractivity contribution >= 4 is 29.9 Å². The molecule has 0 aromatic rings. The van der Waals surface area contributed by atoms with Crippen LogP contribution in [0.15, 0.2) is 4.99 Å². The van der Waals surface area contributed by atoms with Crippen LogP contribution in [0, 0.1) is 5.92 Å². The molecule has 0 aliphatic carbocycles. The summed E-state index contributed by atoms with van der Waals surface area (Å²) < 4.78 is 5.44. The number of halogens is 1. The molecule has 2 N–H and O–H groups in total. The van der Waals surface area contributed by atoms with Crippen LogP contribution in [0.3, 0.4) is 0 Å². The lowest BCUT2D eigenvalue weighted by Gasteiger charge is -2.29. The zero-order chi connectivity index (χ0) is 17.4. The summed E-state index contributed by atoms with van der Waals surface area (Å²) in [5.41, 5.74) is -0.673. The van der Waals surface area contributed by atoms with E-state index in [1.165, 1.54) is 6.42 Å². The van der Waals surface area contributed by atoms with Crippen molar-refractivity contribution in [3.05, 3.63) is 0 Å². The number of guanidine groups is 1.